The molecule has 2 unspecified atom stereocenters. The van der Waals surface area contributed by atoms with Crippen molar-refractivity contribution in [2.24, 2.45) is 11.8 Å². The number of fused-ring (bicyclic) bond motifs is 1. The van der Waals surface area contributed by atoms with Crippen LogP contribution in [0.15, 0.2) is 30.5 Å². The standard InChI is InChI=1S/C17H21ClN2O/c18-14-5-6-15-16(7-8-19-17(15)9-14)20-10-12-3-1-2-4-13(12)11-21/h5-9,12-13,21H,1-4,10-11H2,(H,19,20). The third-order valence-corrected chi connectivity index (χ3v) is 4.80. The summed E-state index contributed by atoms with van der Waals surface area (Å²) >= 11 is 6.02. The Morgan fingerprint density at radius 3 is 2.81 bits per heavy atom. The van der Waals surface area contributed by atoms with Gasteiger partial charge in [0.1, 0.15) is 0 Å². The number of aliphatic hydroxyl groups excluding tert-OH is 1. The Morgan fingerprint density at radius 2 is 2.00 bits per heavy atom. The summed E-state index contributed by atoms with van der Waals surface area (Å²) in [6, 6.07) is 7.80. The third kappa shape index (κ3) is 3.30. The summed E-state index contributed by atoms with van der Waals surface area (Å²) in [6.07, 6.45) is 6.68. The first kappa shape index (κ1) is 14.6. The third-order valence-electron chi connectivity index (χ3n) is 4.56. The number of hydrogen-bond acceptors (Lipinski definition) is 3. The Hall–Kier alpha value is -1.32. The van der Waals surface area contributed by atoms with Crippen LogP contribution in [-0.2, 0) is 0 Å². The molecule has 1 aromatic carbocycles. The van der Waals surface area contributed by atoms with Crippen molar-refractivity contribution in [3.8, 4) is 0 Å². The molecule has 0 saturated heterocycles. The van der Waals surface area contributed by atoms with Crippen molar-refractivity contribution in [2.45, 2.75) is 25.7 Å². The van der Waals surface area contributed by atoms with Gasteiger partial charge in [-0.1, -0.05) is 24.4 Å². The van der Waals surface area contributed by atoms with Gasteiger partial charge >= 0.3 is 0 Å². The molecule has 0 aliphatic heterocycles. The molecule has 21 heavy (non-hydrogen) atoms. The number of benzene rings is 1. The first-order chi connectivity index (χ1) is 10.3. The summed E-state index contributed by atoms with van der Waals surface area (Å²) in [6.45, 7) is 1.21. The van der Waals surface area contributed by atoms with Gasteiger partial charge in [0.25, 0.3) is 0 Å². The molecule has 0 bridgehead atoms. The number of nitrogens with zero attached hydrogens (tertiary/aromatic N) is 1. The van der Waals surface area contributed by atoms with Crippen LogP contribution in [-0.4, -0.2) is 23.2 Å². The summed E-state index contributed by atoms with van der Waals surface area (Å²) in [7, 11) is 0. The molecule has 1 heterocycles. The zero-order valence-electron chi connectivity index (χ0n) is 12.1. The maximum atomic E-state index is 9.51. The topological polar surface area (TPSA) is 45.1 Å². The lowest BCUT2D eigenvalue weighted by Crippen LogP contribution is -2.28. The van der Waals surface area contributed by atoms with E-state index in [-0.39, 0.29) is 0 Å². The fraction of sp³-hybridized carbons (Fsp3) is 0.471. The molecule has 4 heteroatoms. The Morgan fingerprint density at radius 1 is 1.19 bits per heavy atom. The van der Waals surface area contributed by atoms with E-state index in [1.54, 1.807) is 0 Å². The average Bonchev–Trinajstić information content (AvgIpc) is 2.52. The van der Waals surface area contributed by atoms with E-state index in [9.17, 15) is 5.11 Å². The number of halogens is 1. The lowest BCUT2D eigenvalue weighted by Gasteiger charge is -2.30. The van der Waals surface area contributed by atoms with Crippen molar-refractivity contribution in [2.75, 3.05) is 18.5 Å². The largest absolute Gasteiger partial charge is 0.396 e. The molecular weight excluding hydrogens is 284 g/mol. The monoisotopic (exact) mass is 304 g/mol. The van der Waals surface area contributed by atoms with E-state index >= 15 is 0 Å². The molecule has 1 aromatic heterocycles. The second kappa shape index (κ2) is 6.63. The SMILES string of the molecule is OCC1CCCCC1CNc1ccnc2cc(Cl)ccc12. The van der Waals surface area contributed by atoms with Crippen LogP contribution in [0.1, 0.15) is 25.7 Å². The highest BCUT2D eigenvalue weighted by molar-refractivity contribution is 6.31. The number of pyridine rings is 1. The van der Waals surface area contributed by atoms with E-state index in [1.807, 2.05) is 30.5 Å². The Kier molecular flexibility index (Phi) is 4.61. The van der Waals surface area contributed by atoms with Gasteiger partial charge in [0.05, 0.1) is 5.52 Å². The first-order valence-corrected chi connectivity index (χ1v) is 8.04. The molecule has 1 saturated carbocycles. The van der Waals surface area contributed by atoms with Gasteiger partial charge < -0.3 is 10.4 Å². The van der Waals surface area contributed by atoms with Crippen molar-refractivity contribution in [1.82, 2.24) is 4.98 Å². The molecule has 3 nitrogen and oxygen atoms in total. The van der Waals surface area contributed by atoms with Crippen molar-refractivity contribution < 1.29 is 5.11 Å². The fourth-order valence-corrected chi connectivity index (χ4v) is 3.48. The molecule has 2 N–H and O–H groups in total. The summed E-state index contributed by atoms with van der Waals surface area (Å²) in [5, 5.41) is 14.9. The van der Waals surface area contributed by atoms with Crippen LogP contribution in [0.5, 0.6) is 0 Å². The summed E-state index contributed by atoms with van der Waals surface area (Å²) < 4.78 is 0. The van der Waals surface area contributed by atoms with Gasteiger partial charge in [-0.15, -0.1) is 0 Å². The van der Waals surface area contributed by atoms with Gasteiger partial charge in [-0.3, -0.25) is 4.98 Å². The van der Waals surface area contributed by atoms with Gasteiger partial charge in [0, 0.05) is 35.4 Å². The number of hydrogen-bond donors (Lipinski definition) is 2. The number of rotatable bonds is 4. The maximum Gasteiger partial charge on any atom is 0.0737 e. The van der Waals surface area contributed by atoms with Crippen molar-refractivity contribution in [3.63, 3.8) is 0 Å². The van der Waals surface area contributed by atoms with Gasteiger partial charge in [0.2, 0.25) is 0 Å². The molecule has 1 aliphatic carbocycles. The normalized spacial score (nSPS) is 22.4. The Labute approximate surface area is 130 Å². The van der Waals surface area contributed by atoms with Crippen LogP contribution in [0.25, 0.3) is 10.9 Å². The highest BCUT2D eigenvalue weighted by atomic mass is 35.5. The molecule has 0 spiro atoms. The molecule has 0 radical (unpaired) electrons. The average molecular weight is 305 g/mol. The summed E-state index contributed by atoms with van der Waals surface area (Å²) in [5.74, 6) is 0.994. The predicted octanol–water partition coefficient (Wildman–Crippen LogP) is 4.10. The van der Waals surface area contributed by atoms with Crippen molar-refractivity contribution in [1.29, 1.82) is 0 Å². The molecule has 1 aliphatic rings. The Balaban J connectivity index is 1.75. The number of aromatic nitrogens is 1. The fourth-order valence-electron chi connectivity index (χ4n) is 3.31. The van der Waals surface area contributed by atoms with Crippen LogP contribution in [0, 0.1) is 11.8 Å². The van der Waals surface area contributed by atoms with Crippen molar-refractivity contribution >= 4 is 28.2 Å². The minimum atomic E-state index is 0.305. The van der Waals surface area contributed by atoms with E-state index in [1.165, 1.54) is 19.3 Å². The van der Waals surface area contributed by atoms with Crippen LogP contribution in [0.4, 0.5) is 5.69 Å². The molecule has 3 rings (SSSR count). The van der Waals surface area contributed by atoms with E-state index in [2.05, 4.69) is 10.3 Å². The molecule has 2 atom stereocenters. The number of anilines is 1. The lowest BCUT2D eigenvalue weighted by atomic mass is 9.79. The molecule has 112 valence electrons. The number of aliphatic hydroxyl groups is 1. The van der Waals surface area contributed by atoms with Crippen LogP contribution >= 0.6 is 11.6 Å². The number of nitrogens with one attached hydrogen (secondary N) is 1. The summed E-state index contributed by atoms with van der Waals surface area (Å²) in [5.41, 5.74) is 2.01. The minimum Gasteiger partial charge on any atom is -0.396 e. The zero-order chi connectivity index (χ0) is 14.7. The smallest absolute Gasteiger partial charge is 0.0737 e. The van der Waals surface area contributed by atoms with Crippen LogP contribution in [0.3, 0.4) is 0 Å². The van der Waals surface area contributed by atoms with Gasteiger partial charge in [-0.05, 0) is 48.9 Å². The van der Waals surface area contributed by atoms with E-state index in [0.29, 0.717) is 23.5 Å². The van der Waals surface area contributed by atoms with E-state index in [0.717, 1.165) is 29.6 Å². The van der Waals surface area contributed by atoms with E-state index in [4.69, 9.17) is 11.6 Å². The van der Waals surface area contributed by atoms with E-state index < -0.39 is 0 Å². The van der Waals surface area contributed by atoms with Gasteiger partial charge in [0.15, 0.2) is 0 Å². The highest BCUT2D eigenvalue weighted by Crippen LogP contribution is 2.31. The lowest BCUT2D eigenvalue weighted by molar-refractivity contribution is 0.141. The van der Waals surface area contributed by atoms with Crippen LogP contribution in [0.2, 0.25) is 5.02 Å². The molecule has 2 aromatic rings. The molecule has 1 fully saturated rings. The second-order valence-electron chi connectivity index (χ2n) is 5.89. The molecular formula is C17H21ClN2O. The Bertz CT molecular complexity index is 617. The van der Waals surface area contributed by atoms with Crippen molar-refractivity contribution in [3.05, 3.63) is 35.5 Å². The summed E-state index contributed by atoms with van der Waals surface area (Å²) in [4.78, 5) is 4.36. The van der Waals surface area contributed by atoms with Gasteiger partial charge in [-0.25, -0.2) is 0 Å². The molecule has 0 amide bonds. The highest BCUT2D eigenvalue weighted by Gasteiger charge is 2.24. The maximum absolute atomic E-state index is 9.51. The quantitative estimate of drug-likeness (QED) is 0.894. The predicted molar refractivity (Wildman–Crippen MR) is 87.8 cm³/mol. The minimum absolute atomic E-state index is 0.305. The van der Waals surface area contributed by atoms with Crippen LogP contribution < -0.4 is 5.32 Å². The first-order valence-electron chi connectivity index (χ1n) is 7.67. The zero-order valence-corrected chi connectivity index (χ0v) is 12.8. The van der Waals surface area contributed by atoms with Gasteiger partial charge in [-0.2, -0.15) is 0 Å². The second-order valence-corrected chi connectivity index (χ2v) is 6.32.